The summed E-state index contributed by atoms with van der Waals surface area (Å²) < 4.78 is 51.2. The minimum Gasteiger partial charge on any atom is -0.376 e. The number of carbonyl (C=O) groups excluding carboxylic acids is 3. The lowest BCUT2D eigenvalue weighted by atomic mass is 10.1. The number of hydrogen-bond acceptors (Lipinski definition) is 4. The van der Waals surface area contributed by atoms with Gasteiger partial charge in [0, 0.05) is 22.9 Å². The molecule has 0 unspecified atom stereocenters. The molecule has 0 aromatic heterocycles. The number of halogens is 4. The molecule has 4 N–H and O–H groups in total. The molecule has 0 aliphatic heterocycles. The quantitative estimate of drug-likeness (QED) is 0.449. The molecule has 1 saturated carbocycles. The number of rotatable bonds is 8. The largest absolute Gasteiger partial charge is 0.405 e. The average Bonchev–Trinajstić information content (AvgIpc) is 3.56. The minimum atomic E-state index is -4.61. The van der Waals surface area contributed by atoms with Crippen LogP contribution in [0.1, 0.15) is 39.1 Å². The molecule has 0 atom stereocenters. The molecule has 1 aliphatic carbocycles. The Labute approximate surface area is 186 Å². The fraction of sp³-hybridized carbons (Fsp3) is 0.318. The third-order valence-electron chi connectivity index (χ3n) is 4.85. The second-order valence-electron chi connectivity index (χ2n) is 7.62. The van der Waals surface area contributed by atoms with Crippen LogP contribution in [0.15, 0.2) is 36.4 Å². The second kappa shape index (κ2) is 9.88. The number of benzene rings is 2. The number of anilines is 2. The van der Waals surface area contributed by atoms with Crippen molar-refractivity contribution in [3.05, 3.63) is 58.9 Å². The minimum absolute atomic E-state index is 0.0714. The maximum absolute atomic E-state index is 14.2. The molecule has 0 spiro atoms. The van der Waals surface area contributed by atoms with Gasteiger partial charge in [0.05, 0.1) is 17.8 Å². The highest BCUT2D eigenvalue weighted by Crippen LogP contribution is 2.23. The summed E-state index contributed by atoms with van der Waals surface area (Å²) in [7, 11) is 0. The Morgan fingerprint density at radius 1 is 1.03 bits per heavy atom. The normalized spacial score (nSPS) is 13.2. The van der Waals surface area contributed by atoms with Crippen molar-refractivity contribution in [2.75, 3.05) is 23.7 Å². The second-order valence-corrected chi connectivity index (χ2v) is 7.62. The Bertz CT molecular complexity index is 1070. The van der Waals surface area contributed by atoms with Crippen LogP contribution in [0.4, 0.5) is 28.9 Å². The number of hydrogen-bond donors (Lipinski definition) is 4. The summed E-state index contributed by atoms with van der Waals surface area (Å²) in [5.74, 6) is -2.78. The summed E-state index contributed by atoms with van der Waals surface area (Å²) in [5.41, 5.74) is 0.419. The van der Waals surface area contributed by atoms with Crippen molar-refractivity contribution in [1.29, 1.82) is 0 Å². The monoisotopic (exact) mass is 466 g/mol. The Balaban J connectivity index is 1.65. The van der Waals surface area contributed by atoms with Crippen LogP contribution in [-0.2, 0) is 4.79 Å². The number of amides is 3. The molecule has 7 nitrogen and oxygen atoms in total. The van der Waals surface area contributed by atoms with E-state index in [0.717, 1.165) is 25.0 Å². The van der Waals surface area contributed by atoms with Gasteiger partial charge in [0.2, 0.25) is 5.91 Å². The standard InChI is InChI=1S/C22H22F4N4O3/c1-12-16(23)8-13(20(32)28-11-22(24,25)26)9-18(12)27-10-19(31)30-17-5-3-2-4-15(17)21(33)29-14-6-7-14/h2-5,8-9,14,27H,6-7,10-11H2,1H3,(H,28,32)(H,29,33)(H,30,31). The van der Waals surface area contributed by atoms with Crippen LogP contribution in [0.5, 0.6) is 0 Å². The molecule has 1 fully saturated rings. The van der Waals surface area contributed by atoms with Gasteiger partial charge in [-0.15, -0.1) is 0 Å². The van der Waals surface area contributed by atoms with E-state index in [1.807, 2.05) is 0 Å². The zero-order chi connectivity index (χ0) is 24.2. The maximum Gasteiger partial charge on any atom is 0.405 e. The first-order valence-electron chi connectivity index (χ1n) is 10.1. The molecule has 1 aliphatic rings. The van der Waals surface area contributed by atoms with Crippen molar-refractivity contribution in [1.82, 2.24) is 10.6 Å². The predicted octanol–water partition coefficient (Wildman–Crippen LogP) is 3.37. The number of alkyl halides is 3. The Morgan fingerprint density at radius 3 is 2.39 bits per heavy atom. The van der Waals surface area contributed by atoms with Crippen LogP contribution in [0.2, 0.25) is 0 Å². The van der Waals surface area contributed by atoms with Gasteiger partial charge in [-0.05, 0) is 44.0 Å². The molecular weight excluding hydrogens is 444 g/mol. The number of carbonyl (C=O) groups is 3. The van der Waals surface area contributed by atoms with Gasteiger partial charge in [0.1, 0.15) is 12.4 Å². The maximum atomic E-state index is 14.2. The van der Waals surface area contributed by atoms with Gasteiger partial charge in [0.15, 0.2) is 0 Å². The SMILES string of the molecule is Cc1c(F)cc(C(=O)NCC(F)(F)F)cc1NCC(=O)Nc1ccccc1C(=O)NC1CC1. The molecule has 0 bridgehead atoms. The van der Waals surface area contributed by atoms with E-state index in [1.165, 1.54) is 6.92 Å². The molecule has 3 rings (SSSR count). The average molecular weight is 466 g/mol. The van der Waals surface area contributed by atoms with Gasteiger partial charge in [-0.2, -0.15) is 13.2 Å². The molecule has 11 heteroatoms. The zero-order valence-corrected chi connectivity index (χ0v) is 17.6. The lowest BCUT2D eigenvalue weighted by Crippen LogP contribution is -2.33. The van der Waals surface area contributed by atoms with E-state index in [1.54, 1.807) is 29.6 Å². The van der Waals surface area contributed by atoms with Gasteiger partial charge >= 0.3 is 6.18 Å². The summed E-state index contributed by atoms with van der Waals surface area (Å²) in [6.07, 6.45) is -2.79. The molecule has 0 heterocycles. The van der Waals surface area contributed by atoms with Gasteiger partial charge in [-0.3, -0.25) is 14.4 Å². The zero-order valence-electron chi connectivity index (χ0n) is 17.6. The highest BCUT2D eigenvalue weighted by Gasteiger charge is 2.28. The van der Waals surface area contributed by atoms with E-state index in [9.17, 15) is 31.9 Å². The Kier molecular flexibility index (Phi) is 7.19. The van der Waals surface area contributed by atoms with Crippen LogP contribution in [0, 0.1) is 12.7 Å². The van der Waals surface area contributed by atoms with Crippen LogP contribution in [-0.4, -0.2) is 43.0 Å². The third-order valence-corrected chi connectivity index (χ3v) is 4.85. The summed E-state index contributed by atoms with van der Waals surface area (Å²) in [5, 5.41) is 9.79. The van der Waals surface area contributed by atoms with E-state index in [4.69, 9.17) is 0 Å². The lowest BCUT2D eigenvalue weighted by molar-refractivity contribution is -0.123. The fourth-order valence-electron chi connectivity index (χ4n) is 2.93. The molecule has 2 aromatic rings. The molecule has 33 heavy (non-hydrogen) atoms. The summed E-state index contributed by atoms with van der Waals surface area (Å²) >= 11 is 0. The van der Waals surface area contributed by atoms with Crippen LogP contribution >= 0.6 is 0 Å². The summed E-state index contributed by atoms with van der Waals surface area (Å²) in [6.45, 7) is -0.503. The van der Waals surface area contributed by atoms with Gasteiger partial charge in [-0.25, -0.2) is 4.39 Å². The van der Waals surface area contributed by atoms with Crippen molar-refractivity contribution < 1.29 is 31.9 Å². The molecule has 176 valence electrons. The molecular formula is C22H22F4N4O3. The first-order valence-corrected chi connectivity index (χ1v) is 10.1. The van der Waals surface area contributed by atoms with Crippen molar-refractivity contribution >= 4 is 29.1 Å². The van der Waals surface area contributed by atoms with E-state index in [2.05, 4.69) is 16.0 Å². The number of para-hydroxylation sites is 1. The fourth-order valence-corrected chi connectivity index (χ4v) is 2.93. The van der Waals surface area contributed by atoms with E-state index < -0.39 is 30.4 Å². The van der Waals surface area contributed by atoms with Gasteiger partial charge < -0.3 is 21.3 Å². The van der Waals surface area contributed by atoms with Gasteiger partial charge in [0.25, 0.3) is 11.8 Å². The smallest absolute Gasteiger partial charge is 0.376 e. The summed E-state index contributed by atoms with van der Waals surface area (Å²) in [4.78, 5) is 36.7. The van der Waals surface area contributed by atoms with Crippen molar-refractivity contribution in [2.45, 2.75) is 32.0 Å². The Hall–Kier alpha value is -3.63. The van der Waals surface area contributed by atoms with Crippen LogP contribution in [0.25, 0.3) is 0 Å². The lowest BCUT2D eigenvalue weighted by Gasteiger charge is -2.14. The summed E-state index contributed by atoms with van der Waals surface area (Å²) in [6, 6.07) is 8.58. The first-order chi connectivity index (χ1) is 15.5. The third kappa shape index (κ3) is 6.93. The molecule has 0 saturated heterocycles. The topological polar surface area (TPSA) is 99.3 Å². The van der Waals surface area contributed by atoms with Crippen LogP contribution < -0.4 is 21.3 Å². The van der Waals surface area contributed by atoms with Crippen LogP contribution in [0.3, 0.4) is 0 Å². The molecule has 2 aromatic carbocycles. The highest BCUT2D eigenvalue weighted by atomic mass is 19.4. The van der Waals surface area contributed by atoms with E-state index >= 15 is 0 Å². The van der Waals surface area contributed by atoms with Gasteiger partial charge in [-0.1, -0.05) is 12.1 Å². The molecule has 0 radical (unpaired) electrons. The Morgan fingerprint density at radius 2 is 1.73 bits per heavy atom. The highest BCUT2D eigenvalue weighted by molar-refractivity contribution is 6.04. The van der Waals surface area contributed by atoms with E-state index in [-0.39, 0.29) is 35.3 Å². The van der Waals surface area contributed by atoms with Crippen molar-refractivity contribution in [3.8, 4) is 0 Å². The molecule has 3 amide bonds. The number of nitrogens with one attached hydrogen (secondary N) is 4. The first kappa shape index (κ1) is 24.0. The van der Waals surface area contributed by atoms with Crippen molar-refractivity contribution in [3.63, 3.8) is 0 Å². The predicted molar refractivity (Wildman–Crippen MR) is 114 cm³/mol. The van der Waals surface area contributed by atoms with E-state index in [0.29, 0.717) is 11.3 Å². The van der Waals surface area contributed by atoms with Crippen molar-refractivity contribution in [2.24, 2.45) is 0 Å².